The molecule has 1 aliphatic rings. The third kappa shape index (κ3) is 4.07. The van der Waals surface area contributed by atoms with Gasteiger partial charge >= 0.3 is 0 Å². The van der Waals surface area contributed by atoms with E-state index in [1.54, 1.807) is 11.3 Å². The Kier molecular flexibility index (Phi) is 4.56. The fourth-order valence-corrected chi connectivity index (χ4v) is 2.74. The van der Waals surface area contributed by atoms with Crippen LogP contribution in [-0.4, -0.2) is 42.3 Å². The number of likely N-dealkylation sites (N-methyl/N-ethyl adjacent to an activating group) is 1. The van der Waals surface area contributed by atoms with Crippen LogP contribution >= 0.6 is 11.3 Å². The summed E-state index contributed by atoms with van der Waals surface area (Å²) in [6.07, 6.45) is 2.27. The molecule has 17 heavy (non-hydrogen) atoms. The molecule has 0 aliphatic heterocycles. The van der Waals surface area contributed by atoms with Gasteiger partial charge in [-0.1, -0.05) is 6.07 Å². The summed E-state index contributed by atoms with van der Waals surface area (Å²) in [5, 5.41) is 15.4. The molecule has 2 atom stereocenters. The lowest BCUT2D eigenvalue weighted by atomic mass is 10.2. The lowest BCUT2D eigenvalue weighted by molar-refractivity contribution is 0.107. The van der Waals surface area contributed by atoms with E-state index in [-0.39, 0.29) is 6.10 Å². The van der Waals surface area contributed by atoms with E-state index in [1.165, 1.54) is 17.7 Å². The first kappa shape index (κ1) is 13.0. The Labute approximate surface area is 107 Å². The fraction of sp³-hybridized carbons (Fsp3) is 0.692. The highest BCUT2D eigenvalue weighted by Crippen LogP contribution is 2.23. The molecule has 2 rings (SSSR count). The highest BCUT2D eigenvalue weighted by molar-refractivity contribution is 7.10. The molecule has 3 nitrogen and oxygen atoms in total. The maximum absolute atomic E-state index is 9.94. The van der Waals surface area contributed by atoms with Crippen molar-refractivity contribution in [3.05, 3.63) is 22.4 Å². The highest BCUT2D eigenvalue weighted by Gasteiger charge is 2.22. The van der Waals surface area contributed by atoms with Gasteiger partial charge in [0.05, 0.1) is 6.10 Å². The first-order valence-corrected chi connectivity index (χ1v) is 7.20. The molecular weight excluding hydrogens is 232 g/mol. The third-order valence-corrected chi connectivity index (χ3v) is 4.38. The summed E-state index contributed by atoms with van der Waals surface area (Å²) in [6, 6.07) is 5.28. The standard InChI is InChI=1S/C13H22N2OS/c1-10(13-4-3-7-17-13)15(2)9-12(16)8-14-11-5-6-11/h3-4,7,10-12,14,16H,5-6,8-9H2,1-2H3. The fourth-order valence-electron chi connectivity index (χ4n) is 1.89. The Balaban J connectivity index is 1.72. The van der Waals surface area contributed by atoms with Crippen LogP contribution in [0, 0.1) is 0 Å². The van der Waals surface area contributed by atoms with Crippen molar-refractivity contribution in [3.8, 4) is 0 Å². The zero-order valence-corrected chi connectivity index (χ0v) is 11.4. The molecule has 1 saturated carbocycles. The molecule has 0 bridgehead atoms. The van der Waals surface area contributed by atoms with Gasteiger partial charge in [-0.05, 0) is 38.3 Å². The van der Waals surface area contributed by atoms with Crippen LogP contribution in [0.15, 0.2) is 17.5 Å². The molecule has 1 aromatic rings. The monoisotopic (exact) mass is 254 g/mol. The molecule has 0 aromatic carbocycles. The number of hydrogen-bond acceptors (Lipinski definition) is 4. The van der Waals surface area contributed by atoms with Gasteiger partial charge < -0.3 is 10.4 Å². The molecule has 96 valence electrons. The maximum Gasteiger partial charge on any atom is 0.0791 e. The number of aliphatic hydroxyl groups excluding tert-OH is 1. The predicted molar refractivity (Wildman–Crippen MR) is 72.4 cm³/mol. The average molecular weight is 254 g/mol. The Bertz CT molecular complexity index is 324. The molecule has 0 radical (unpaired) electrons. The van der Waals surface area contributed by atoms with E-state index in [2.05, 4.69) is 41.7 Å². The molecule has 0 saturated heterocycles. The second-order valence-electron chi connectivity index (χ2n) is 4.97. The Morgan fingerprint density at radius 1 is 1.59 bits per heavy atom. The molecule has 0 amide bonds. The quantitative estimate of drug-likeness (QED) is 0.779. The highest BCUT2D eigenvalue weighted by atomic mass is 32.1. The smallest absolute Gasteiger partial charge is 0.0791 e. The van der Waals surface area contributed by atoms with E-state index in [9.17, 15) is 5.11 Å². The van der Waals surface area contributed by atoms with Crippen LogP contribution in [0.5, 0.6) is 0 Å². The molecule has 1 heterocycles. The molecular formula is C13H22N2OS. The van der Waals surface area contributed by atoms with Gasteiger partial charge in [-0.25, -0.2) is 0 Å². The van der Waals surface area contributed by atoms with Crippen molar-refractivity contribution in [2.45, 2.75) is 38.0 Å². The third-order valence-electron chi connectivity index (χ3n) is 3.33. The Morgan fingerprint density at radius 3 is 2.94 bits per heavy atom. The van der Waals surface area contributed by atoms with E-state index in [0.717, 1.165) is 6.54 Å². The summed E-state index contributed by atoms with van der Waals surface area (Å²) in [7, 11) is 2.07. The van der Waals surface area contributed by atoms with Gasteiger partial charge in [0.15, 0.2) is 0 Å². The van der Waals surface area contributed by atoms with E-state index in [0.29, 0.717) is 18.6 Å². The first-order valence-electron chi connectivity index (χ1n) is 6.32. The molecule has 1 aromatic heterocycles. The van der Waals surface area contributed by atoms with Gasteiger partial charge in [-0.2, -0.15) is 0 Å². The molecule has 1 fully saturated rings. The molecule has 2 N–H and O–H groups in total. The van der Waals surface area contributed by atoms with Gasteiger partial charge in [0.2, 0.25) is 0 Å². The summed E-state index contributed by atoms with van der Waals surface area (Å²) in [5.74, 6) is 0. The number of thiophene rings is 1. The number of hydrogen-bond donors (Lipinski definition) is 2. The van der Waals surface area contributed by atoms with Crippen molar-refractivity contribution < 1.29 is 5.11 Å². The van der Waals surface area contributed by atoms with Crippen LogP contribution in [0.1, 0.15) is 30.7 Å². The summed E-state index contributed by atoms with van der Waals surface area (Å²) >= 11 is 1.78. The average Bonchev–Trinajstić information content (AvgIpc) is 2.98. The predicted octanol–water partition coefficient (Wildman–Crippen LogP) is 1.85. The number of nitrogens with one attached hydrogen (secondary N) is 1. The van der Waals surface area contributed by atoms with Gasteiger partial charge in [-0.15, -0.1) is 11.3 Å². The zero-order valence-electron chi connectivity index (χ0n) is 10.6. The zero-order chi connectivity index (χ0) is 12.3. The van der Waals surface area contributed by atoms with Crippen LogP contribution in [0.2, 0.25) is 0 Å². The largest absolute Gasteiger partial charge is 0.390 e. The number of rotatable bonds is 7. The van der Waals surface area contributed by atoms with Crippen LogP contribution in [0.25, 0.3) is 0 Å². The first-order chi connectivity index (χ1) is 8.16. The van der Waals surface area contributed by atoms with Crippen LogP contribution in [-0.2, 0) is 0 Å². The summed E-state index contributed by atoms with van der Waals surface area (Å²) < 4.78 is 0. The summed E-state index contributed by atoms with van der Waals surface area (Å²) in [5.41, 5.74) is 0. The van der Waals surface area contributed by atoms with Gasteiger partial charge in [0, 0.05) is 30.1 Å². The van der Waals surface area contributed by atoms with Gasteiger partial charge in [0.25, 0.3) is 0 Å². The Morgan fingerprint density at radius 2 is 2.35 bits per heavy atom. The topological polar surface area (TPSA) is 35.5 Å². The second kappa shape index (κ2) is 5.96. The van der Waals surface area contributed by atoms with Crippen molar-refractivity contribution in [3.63, 3.8) is 0 Å². The van der Waals surface area contributed by atoms with Crippen LogP contribution in [0.3, 0.4) is 0 Å². The minimum Gasteiger partial charge on any atom is -0.390 e. The lowest BCUT2D eigenvalue weighted by Gasteiger charge is -2.26. The van der Waals surface area contributed by atoms with Crippen molar-refractivity contribution in [1.82, 2.24) is 10.2 Å². The van der Waals surface area contributed by atoms with Crippen molar-refractivity contribution in [2.75, 3.05) is 20.1 Å². The minimum absolute atomic E-state index is 0.275. The number of aliphatic hydroxyl groups is 1. The molecule has 2 unspecified atom stereocenters. The van der Waals surface area contributed by atoms with Crippen molar-refractivity contribution in [2.24, 2.45) is 0 Å². The summed E-state index contributed by atoms with van der Waals surface area (Å²) in [6.45, 7) is 3.62. The molecule has 0 spiro atoms. The van der Waals surface area contributed by atoms with Gasteiger partial charge in [-0.3, -0.25) is 4.90 Å². The van der Waals surface area contributed by atoms with E-state index in [4.69, 9.17) is 0 Å². The molecule has 1 aliphatic carbocycles. The van der Waals surface area contributed by atoms with E-state index >= 15 is 0 Å². The lowest BCUT2D eigenvalue weighted by Crippen LogP contribution is -2.38. The normalized spacial score (nSPS) is 19.5. The summed E-state index contributed by atoms with van der Waals surface area (Å²) in [4.78, 5) is 3.57. The molecule has 4 heteroatoms. The van der Waals surface area contributed by atoms with Crippen molar-refractivity contribution in [1.29, 1.82) is 0 Å². The second-order valence-corrected chi connectivity index (χ2v) is 5.95. The van der Waals surface area contributed by atoms with Crippen LogP contribution in [0.4, 0.5) is 0 Å². The number of nitrogens with zero attached hydrogens (tertiary/aromatic N) is 1. The van der Waals surface area contributed by atoms with Gasteiger partial charge in [0.1, 0.15) is 0 Å². The Hall–Kier alpha value is -0.420. The van der Waals surface area contributed by atoms with E-state index in [1.807, 2.05) is 0 Å². The van der Waals surface area contributed by atoms with Crippen molar-refractivity contribution >= 4 is 11.3 Å². The van der Waals surface area contributed by atoms with Crippen LogP contribution < -0.4 is 5.32 Å². The maximum atomic E-state index is 9.94. The SMILES string of the molecule is CC(c1cccs1)N(C)CC(O)CNC1CC1. The minimum atomic E-state index is -0.275. The van der Waals surface area contributed by atoms with E-state index < -0.39 is 0 Å².